The Hall–Kier alpha value is -1.52. The summed E-state index contributed by atoms with van der Waals surface area (Å²) < 4.78 is 0. The molecule has 21 heavy (non-hydrogen) atoms. The lowest BCUT2D eigenvalue weighted by molar-refractivity contribution is -0.140. The molecular formula is C16H24N2O3. The van der Waals surface area contributed by atoms with Crippen molar-refractivity contribution in [1.29, 1.82) is 0 Å². The molecule has 4 atom stereocenters. The smallest absolute Gasteiger partial charge is 0.317 e. The third-order valence-corrected chi connectivity index (χ3v) is 5.29. The fourth-order valence-corrected chi connectivity index (χ4v) is 4.02. The van der Waals surface area contributed by atoms with E-state index >= 15 is 0 Å². The number of amides is 2. The zero-order valence-corrected chi connectivity index (χ0v) is 12.3. The molecule has 2 fully saturated rings. The van der Waals surface area contributed by atoms with Crippen molar-refractivity contribution in [1.82, 2.24) is 10.2 Å². The van der Waals surface area contributed by atoms with Gasteiger partial charge in [0, 0.05) is 13.1 Å². The summed E-state index contributed by atoms with van der Waals surface area (Å²) in [4.78, 5) is 25.2. The summed E-state index contributed by atoms with van der Waals surface area (Å²) in [6.07, 6.45) is 10.3. The van der Waals surface area contributed by atoms with Crippen LogP contribution in [0.1, 0.15) is 38.5 Å². The van der Waals surface area contributed by atoms with Crippen LogP contribution in [-0.2, 0) is 4.79 Å². The molecule has 0 aromatic rings. The number of likely N-dealkylation sites (tertiary alicyclic amines) is 1. The van der Waals surface area contributed by atoms with E-state index in [0.717, 1.165) is 25.4 Å². The van der Waals surface area contributed by atoms with Crippen LogP contribution in [0, 0.1) is 17.8 Å². The van der Waals surface area contributed by atoms with E-state index < -0.39 is 11.9 Å². The minimum absolute atomic E-state index is 0.0280. The summed E-state index contributed by atoms with van der Waals surface area (Å²) in [6.45, 7) is 1.71. The molecule has 2 aliphatic carbocycles. The molecule has 0 spiro atoms. The summed E-state index contributed by atoms with van der Waals surface area (Å²) in [5, 5.41) is 11.9. The highest BCUT2D eigenvalue weighted by Gasteiger charge is 2.34. The molecular weight excluding hydrogens is 268 g/mol. The zero-order valence-electron chi connectivity index (χ0n) is 12.3. The first-order valence-electron chi connectivity index (χ1n) is 8.10. The number of hydrogen-bond acceptors (Lipinski definition) is 2. The van der Waals surface area contributed by atoms with Crippen molar-refractivity contribution in [2.45, 2.75) is 44.6 Å². The largest absolute Gasteiger partial charge is 0.481 e. The highest BCUT2D eigenvalue weighted by molar-refractivity contribution is 5.76. The van der Waals surface area contributed by atoms with Gasteiger partial charge in [-0.3, -0.25) is 4.79 Å². The first-order chi connectivity index (χ1) is 10.1. The van der Waals surface area contributed by atoms with Crippen LogP contribution in [0.15, 0.2) is 12.2 Å². The van der Waals surface area contributed by atoms with Gasteiger partial charge in [0.1, 0.15) is 0 Å². The summed E-state index contributed by atoms with van der Waals surface area (Å²) >= 11 is 0. The summed E-state index contributed by atoms with van der Waals surface area (Å²) in [5.74, 6) is 0.208. The second kappa shape index (κ2) is 6.08. The van der Waals surface area contributed by atoms with E-state index in [1.807, 2.05) is 11.0 Å². The summed E-state index contributed by atoms with van der Waals surface area (Å²) in [6, 6.07) is -0.164. The molecule has 1 saturated heterocycles. The van der Waals surface area contributed by atoms with Crippen LogP contribution in [0.4, 0.5) is 4.79 Å². The van der Waals surface area contributed by atoms with E-state index in [9.17, 15) is 9.59 Å². The molecule has 116 valence electrons. The lowest BCUT2D eigenvalue weighted by atomic mass is 9.75. The quantitative estimate of drug-likeness (QED) is 0.767. The van der Waals surface area contributed by atoms with Crippen molar-refractivity contribution >= 4 is 12.0 Å². The molecule has 2 amide bonds. The van der Waals surface area contributed by atoms with Gasteiger partial charge >= 0.3 is 12.0 Å². The molecule has 3 rings (SSSR count). The Bertz CT molecular complexity index is 449. The molecule has 0 aromatic heterocycles. The Kier molecular flexibility index (Phi) is 4.17. The molecule has 3 aliphatic rings. The third kappa shape index (κ3) is 3.22. The van der Waals surface area contributed by atoms with E-state index in [2.05, 4.69) is 5.32 Å². The van der Waals surface area contributed by atoms with E-state index in [1.54, 1.807) is 6.08 Å². The number of rotatable bonds is 2. The average Bonchev–Trinajstić information content (AvgIpc) is 2.95. The molecule has 0 radical (unpaired) electrons. The van der Waals surface area contributed by atoms with Crippen molar-refractivity contribution in [3.63, 3.8) is 0 Å². The maximum Gasteiger partial charge on any atom is 0.317 e. The SMILES string of the molecule is O=C(O)C1C=CC(NC(=O)N2CCC3CCCCC3C2)C1. The second-order valence-corrected chi connectivity index (χ2v) is 6.66. The first kappa shape index (κ1) is 14.4. The fourth-order valence-electron chi connectivity index (χ4n) is 4.02. The lowest BCUT2D eigenvalue weighted by Gasteiger charge is -2.41. The fraction of sp³-hybridized carbons (Fsp3) is 0.750. The van der Waals surface area contributed by atoms with Crippen molar-refractivity contribution in [3.8, 4) is 0 Å². The number of carboxylic acid groups (broad SMARTS) is 1. The van der Waals surface area contributed by atoms with Gasteiger partial charge in [-0.2, -0.15) is 0 Å². The molecule has 0 aromatic carbocycles. The van der Waals surface area contributed by atoms with Crippen LogP contribution >= 0.6 is 0 Å². The monoisotopic (exact) mass is 292 g/mol. The maximum absolute atomic E-state index is 12.3. The van der Waals surface area contributed by atoms with Gasteiger partial charge in [-0.05, 0) is 31.1 Å². The standard InChI is InChI=1S/C16H24N2O3/c19-15(20)12-5-6-14(9-12)17-16(21)18-8-7-11-3-1-2-4-13(11)10-18/h5-6,11-14H,1-4,7-10H2,(H,17,21)(H,19,20). The Morgan fingerprint density at radius 1 is 1.10 bits per heavy atom. The van der Waals surface area contributed by atoms with Crippen molar-refractivity contribution in [2.24, 2.45) is 17.8 Å². The number of fused-ring (bicyclic) bond motifs is 1. The van der Waals surface area contributed by atoms with Gasteiger partial charge in [-0.1, -0.05) is 31.4 Å². The van der Waals surface area contributed by atoms with Crippen LogP contribution in [0.25, 0.3) is 0 Å². The molecule has 1 saturated carbocycles. The van der Waals surface area contributed by atoms with Gasteiger partial charge < -0.3 is 15.3 Å². The Labute approximate surface area is 125 Å². The van der Waals surface area contributed by atoms with E-state index in [4.69, 9.17) is 5.11 Å². The van der Waals surface area contributed by atoms with E-state index in [-0.39, 0.29) is 12.1 Å². The molecule has 2 N–H and O–H groups in total. The number of aliphatic carboxylic acids is 1. The number of carbonyl (C=O) groups excluding carboxylic acids is 1. The normalized spacial score (nSPS) is 35.3. The average molecular weight is 292 g/mol. The Balaban J connectivity index is 1.50. The van der Waals surface area contributed by atoms with Crippen LogP contribution in [0.2, 0.25) is 0 Å². The van der Waals surface area contributed by atoms with Gasteiger partial charge in [0.15, 0.2) is 0 Å². The lowest BCUT2D eigenvalue weighted by Crippen LogP contribution is -2.50. The molecule has 5 nitrogen and oxygen atoms in total. The van der Waals surface area contributed by atoms with Gasteiger partial charge in [0.2, 0.25) is 0 Å². The van der Waals surface area contributed by atoms with Crippen LogP contribution in [0.3, 0.4) is 0 Å². The number of piperidine rings is 1. The highest BCUT2D eigenvalue weighted by atomic mass is 16.4. The number of hydrogen-bond donors (Lipinski definition) is 2. The predicted molar refractivity (Wildman–Crippen MR) is 78.8 cm³/mol. The maximum atomic E-state index is 12.3. The third-order valence-electron chi connectivity index (χ3n) is 5.29. The number of carboxylic acids is 1. The second-order valence-electron chi connectivity index (χ2n) is 6.66. The van der Waals surface area contributed by atoms with Crippen molar-refractivity contribution in [3.05, 3.63) is 12.2 Å². The van der Waals surface area contributed by atoms with Gasteiger partial charge in [0.25, 0.3) is 0 Å². The van der Waals surface area contributed by atoms with Crippen LogP contribution in [0.5, 0.6) is 0 Å². The van der Waals surface area contributed by atoms with Crippen LogP contribution < -0.4 is 5.32 Å². The Morgan fingerprint density at radius 2 is 1.86 bits per heavy atom. The van der Waals surface area contributed by atoms with Crippen molar-refractivity contribution < 1.29 is 14.7 Å². The molecule has 4 unspecified atom stereocenters. The van der Waals surface area contributed by atoms with Gasteiger partial charge in [-0.15, -0.1) is 0 Å². The van der Waals surface area contributed by atoms with Crippen molar-refractivity contribution in [2.75, 3.05) is 13.1 Å². The zero-order chi connectivity index (χ0) is 14.8. The van der Waals surface area contributed by atoms with E-state index in [0.29, 0.717) is 12.3 Å². The molecule has 5 heteroatoms. The van der Waals surface area contributed by atoms with Crippen LogP contribution in [-0.4, -0.2) is 41.1 Å². The number of urea groups is 1. The molecule has 1 aliphatic heterocycles. The summed E-state index contributed by atoms with van der Waals surface area (Å²) in [7, 11) is 0. The number of nitrogens with one attached hydrogen (secondary N) is 1. The van der Waals surface area contributed by atoms with Gasteiger partial charge in [-0.25, -0.2) is 4.79 Å². The van der Waals surface area contributed by atoms with Gasteiger partial charge in [0.05, 0.1) is 12.0 Å². The number of carbonyl (C=O) groups is 2. The first-order valence-corrected chi connectivity index (χ1v) is 8.10. The highest BCUT2D eigenvalue weighted by Crippen LogP contribution is 2.36. The topological polar surface area (TPSA) is 69.6 Å². The predicted octanol–water partition coefficient (Wildman–Crippen LogP) is 2.24. The molecule has 0 bridgehead atoms. The minimum atomic E-state index is -0.814. The number of nitrogens with zero attached hydrogens (tertiary/aromatic N) is 1. The van der Waals surface area contributed by atoms with E-state index in [1.165, 1.54) is 25.7 Å². The summed E-state index contributed by atoms with van der Waals surface area (Å²) in [5.41, 5.74) is 0. The minimum Gasteiger partial charge on any atom is -0.481 e. The molecule has 1 heterocycles. The Morgan fingerprint density at radius 3 is 2.57 bits per heavy atom.